The molecule has 0 aliphatic heterocycles. The number of nitrogens with zero attached hydrogens (tertiary/aromatic N) is 4. The van der Waals surface area contributed by atoms with Crippen molar-refractivity contribution in [3.05, 3.63) is 6.33 Å². The fourth-order valence-corrected chi connectivity index (χ4v) is 1.70. The average molecular weight is 243 g/mol. The van der Waals surface area contributed by atoms with Crippen molar-refractivity contribution < 1.29 is 8.42 Å². The van der Waals surface area contributed by atoms with Crippen LogP contribution in [0.2, 0.25) is 0 Å². The van der Waals surface area contributed by atoms with E-state index >= 15 is 0 Å². The number of hydrogen-bond donors (Lipinski definition) is 0. The number of hydrogen-bond acceptors (Lipinski definition) is 5. The van der Waals surface area contributed by atoms with E-state index in [-0.39, 0.29) is 5.16 Å². The van der Waals surface area contributed by atoms with Gasteiger partial charge in [0.15, 0.2) is 0 Å². The third-order valence-corrected chi connectivity index (χ3v) is 3.53. The van der Waals surface area contributed by atoms with Crippen LogP contribution < -0.4 is 0 Å². The van der Waals surface area contributed by atoms with Crippen LogP contribution in [0.5, 0.6) is 0 Å². The van der Waals surface area contributed by atoms with E-state index < -0.39 is 10.2 Å². The Hall–Kier alpha value is -0.310. The van der Waals surface area contributed by atoms with Gasteiger partial charge in [-0.3, -0.25) is 0 Å². The van der Waals surface area contributed by atoms with Crippen LogP contribution >= 0.6 is 21.7 Å². The van der Waals surface area contributed by atoms with Crippen LogP contribution in [-0.4, -0.2) is 41.0 Å². The molecule has 0 radical (unpaired) electrons. The normalized spacial score (nSPS) is 12.3. The summed E-state index contributed by atoms with van der Waals surface area (Å²) < 4.78 is 24.6. The highest BCUT2D eigenvalue weighted by atomic mass is 35.7. The van der Waals surface area contributed by atoms with E-state index in [0.717, 1.165) is 25.7 Å². The number of aromatic nitrogens is 3. The van der Waals surface area contributed by atoms with Gasteiger partial charge in [-0.25, -0.2) is 4.98 Å². The zero-order valence-corrected chi connectivity index (χ0v) is 9.27. The summed E-state index contributed by atoms with van der Waals surface area (Å²) in [6, 6.07) is 0. The first kappa shape index (κ1) is 10.8. The molecule has 74 valence electrons. The first-order valence-electron chi connectivity index (χ1n) is 3.11. The Morgan fingerprint density at radius 1 is 1.62 bits per heavy atom. The van der Waals surface area contributed by atoms with Crippen molar-refractivity contribution in [2.24, 2.45) is 0 Å². The van der Waals surface area contributed by atoms with Gasteiger partial charge in [0.05, 0.1) is 0 Å². The molecule has 13 heavy (non-hydrogen) atoms. The molecule has 1 aromatic rings. The van der Waals surface area contributed by atoms with Gasteiger partial charge in [0.25, 0.3) is 0 Å². The molecular formula is C4H7ClN4O2S2. The van der Waals surface area contributed by atoms with E-state index in [0.29, 0.717) is 0 Å². The zero-order valence-electron chi connectivity index (χ0n) is 6.88. The first-order chi connectivity index (χ1) is 5.98. The van der Waals surface area contributed by atoms with Crippen molar-refractivity contribution in [3.63, 3.8) is 0 Å². The minimum Gasteiger partial charge on any atom is -0.208 e. The Morgan fingerprint density at radius 3 is 2.62 bits per heavy atom. The van der Waals surface area contributed by atoms with Crippen molar-refractivity contribution in [2.75, 3.05) is 14.1 Å². The summed E-state index contributed by atoms with van der Waals surface area (Å²) in [6.45, 7) is 0. The fourth-order valence-electron chi connectivity index (χ4n) is 0.549. The van der Waals surface area contributed by atoms with Crippen LogP contribution in [0.4, 0.5) is 0 Å². The Balaban J connectivity index is 3.09. The maximum atomic E-state index is 11.4. The van der Waals surface area contributed by atoms with Gasteiger partial charge < -0.3 is 0 Å². The molecule has 1 rings (SSSR count). The van der Waals surface area contributed by atoms with Gasteiger partial charge in [-0.15, -0.1) is 9.19 Å². The van der Waals surface area contributed by atoms with E-state index in [1.165, 1.54) is 14.1 Å². The van der Waals surface area contributed by atoms with Crippen LogP contribution in [0.15, 0.2) is 11.5 Å². The molecule has 0 aliphatic carbocycles. The van der Waals surface area contributed by atoms with Crippen molar-refractivity contribution in [2.45, 2.75) is 5.16 Å². The lowest BCUT2D eigenvalue weighted by Crippen LogP contribution is -2.29. The molecule has 1 heterocycles. The molecule has 0 fully saturated rings. The molecule has 0 N–H and O–H groups in total. The minimum atomic E-state index is -3.56. The standard InChI is InChI=1S/C4H7ClN4O2S2/c1-8(2)13(10,11)9-3-6-4(7-9)12-5/h3H,1-2H3. The molecule has 6 nitrogen and oxygen atoms in total. The lowest BCUT2D eigenvalue weighted by molar-refractivity contribution is 0.502. The lowest BCUT2D eigenvalue weighted by atomic mass is 11.3. The molecule has 0 aliphatic rings. The Bertz CT molecular complexity index is 387. The molecule has 0 bridgehead atoms. The van der Waals surface area contributed by atoms with Crippen molar-refractivity contribution in [1.29, 1.82) is 0 Å². The summed E-state index contributed by atoms with van der Waals surface area (Å²) >= 11 is 0. The molecule has 0 unspecified atom stereocenters. The molecule has 0 aromatic carbocycles. The molecule has 0 saturated heterocycles. The van der Waals surface area contributed by atoms with Gasteiger partial charge in [0.2, 0.25) is 5.16 Å². The smallest absolute Gasteiger partial charge is 0.208 e. The van der Waals surface area contributed by atoms with Gasteiger partial charge in [-0.05, 0) is 10.7 Å². The molecular weight excluding hydrogens is 236 g/mol. The van der Waals surface area contributed by atoms with E-state index in [9.17, 15) is 8.42 Å². The summed E-state index contributed by atoms with van der Waals surface area (Å²) in [5.74, 6) is 0. The molecule has 1 aromatic heterocycles. The summed E-state index contributed by atoms with van der Waals surface area (Å²) in [7, 11) is 5.36. The Labute approximate surface area is 84.6 Å². The second-order valence-electron chi connectivity index (χ2n) is 2.27. The van der Waals surface area contributed by atoms with Crippen LogP contribution in [0.25, 0.3) is 0 Å². The van der Waals surface area contributed by atoms with Gasteiger partial charge in [0, 0.05) is 25.1 Å². The molecule has 9 heteroatoms. The predicted octanol–water partition coefficient (Wildman–Crippen LogP) is 0.179. The second kappa shape index (κ2) is 3.82. The van der Waals surface area contributed by atoms with Crippen molar-refractivity contribution >= 4 is 31.9 Å². The highest BCUT2D eigenvalue weighted by molar-refractivity contribution is 8.21. The summed E-state index contributed by atoms with van der Waals surface area (Å²) in [4.78, 5) is 3.66. The largest absolute Gasteiger partial charge is 0.323 e. The van der Waals surface area contributed by atoms with E-state index in [1.54, 1.807) is 0 Å². The third kappa shape index (κ3) is 2.13. The Morgan fingerprint density at radius 2 is 2.23 bits per heavy atom. The average Bonchev–Trinajstić information content (AvgIpc) is 2.51. The van der Waals surface area contributed by atoms with E-state index in [4.69, 9.17) is 10.7 Å². The van der Waals surface area contributed by atoms with E-state index in [1.807, 2.05) is 0 Å². The summed E-state index contributed by atoms with van der Waals surface area (Å²) in [6.07, 6.45) is 1.10. The highest BCUT2D eigenvalue weighted by Gasteiger charge is 2.17. The van der Waals surface area contributed by atoms with Gasteiger partial charge in [0.1, 0.15) is 6.33 Å². The maximum absolute atomic E-state index is 11.4. The quantitative estimate of drug-likeness (QED) is 0.756. The Kier molecular flexibility index (Phi) is 3.17. The van der Waals surface area contributed by atoms with Crippen LogP contribution in [0.1, 0.15) is 0 Å². The third-order valence-electron chi connectivity index (χ3n) is 1.22. The molecule has 0 amide bonds. The van der Waals surface area contributed by atoms with Crippen LogP contribution in [0, 0.1) is 0 Å². The van der Waals surface area contributed by atoms with Gasteiger partial charge in [-0.2, -0.15) is 12.7 Å². The van der Waals surface area contributed by atoms with Crippen molar-refractivity contribution in [3.8, 4) is 0 Å². The first-order valence-corrected chi connectivity index (χ1v) is 6.15. The van der Waals surface area contributed by atoms with Gasteiger partial charge >= 0.3 is 10.2 Å². The monoisotopic (exact) mass is 242 g/mol. The summed E-state index contributed by atoms with van der Waals surface area (Å²) in [5, 5.41) is 3.83. The minimum absolute atomic E-state index is 0.201. The molecule has 0 atom stereocenters. The zero-order chi connectivity index (χ0) is 10.1. The molecule has 0 saturated carbocycles. The lowest BCUT2D eigenvalue weighted by Gasteiger charge is -2.08. The van der Waals surface area contributed by atoms with Crippen LogP contribution in [-0.2, 0) is 10.2 Å². The summed E-state index contributed by atoms with van der Waals surface area (Å²) in [5.41, 5.74) is 0. The fraction of sp³-hybridized carbons (Fsp3) is 0.500. The molecule has 0 spiro atoms. The van der Waals surface area contributed by atoms with Crippen LogP contribution in [0.3, 0.4) is 0 Å². The highest BCUT2D eigenvalue weighted by Crippen LogP contribution is 2.16. The topological polar surface area (TPSA) is 68.1 Å². The SMILES string of the molecule is CN(C)S(=O)(=O)n1cnc(SCl)n1. The van der Waals surface area contributed by atoms with E-state index in [2.05, 4.69) is 10.1 Å². The number of rotatable bonds is 3. The number of halogens is 1. The predicted molar refractivity (Wildman–Crippen MR) is 49.7 cm³/mol. The van der Waals surface area contributed by atoms with Gasteiger partial charge in [-0.1, -0.05) is 0 Å². The van der Waals surface area contributed by atoms with Crippen molar-refractivity contribution in [1.82, 2.24) is 18.5 Å². The maximum Gasteiger partial charge on any atom is 0.323 e. The second-order valence-corrected chi connectivity index (χ2v) is 5.25.